The van der Waals surface area contributed by atoms with E-state index in [0.29, 0.717) is 25.2 Å². The van der Waals surface area contributed by atoms with Gasteiger partial charge in [-0.1, -0.05) is 26.8 Å². The number of aromatic nitrogens is 5. The number of hydrogen-bond donors (Lipinski definition) is 1. The standard InChI is InChI=1S/C27H34N6O3/c1-4-19-9-10-24-20(13-19)14-21(27(34)28-24)15-32(16-22-7-5-11-35-22)25(18(2)3)26-29-30-31-33(26)17-23-8-6-12-36-23/h5,7,9-11,13-14,18,23,25H,4,6,8,12,15-17H2,1-3H3,(H,28,34)/t23-,25-/m1/s1. The number of pyridine rings is 1. The first-order chi connectivity index (χ1) is 17.5. The predicted octanol–water partition coefficient (Wildman–Crippen LogP) is 4.25. The third-order valence-corrected chi connectivity index (χ3v) is 6.96. The molecule has 9 heteroatoms. The monoisotopic (exact) mass is 490 g/mol. The third kappa shape index (κ3) is 5.27. The minimum atomic E-state index is -0.136. The van der Waals surface area contributed by atoms with E-state index in [2.05, 4.69) is 58.3 Å². The van der Waals surface area contributed by atoms with Crippen molar-refractivity contribution in [3.05, 3.63) is 75.7 Å². The van der Waals surface area contributed by atoms with E-state index in [0.717, 1.165) is 48.4 Å². The maximum atomic E-state index is 13.1. The molecule has 0 bridgehead atoms. The van der Waals surface area contributed by atoms with Crippen LogP contribution in [0.25, 0.3) is 10.9 Å². The first-order valence-corrected chi connectivity index (χ1v) is 12.8. The van der Waals surface area contributed by atoms with Gasteiger partial charge in [-0.2, -0.15) is 0 Å². The molecule has 5 rings (SSSR count). The van der Waals surface area contributed by atoms with Crippen LogP contribution in [0, 0.1) is 5.92 Å². The molecular weight excluding hydrogens is 456 g/mol. The summed E-state index contributed by atoms with van der Waals surface area (Å²) in [6, 6.07) is 11.9. The summed E-state index contributed by atoms with van der Waals surface area (Å²) in [5.41, 5.74) is 2.70. The zero-order valence-corrected chi connectivity index (χ0v) is 21.2. The van der Waals surface area contributed by atoms with Gasteiger partial charge in [-0.3, -0.25) is 9.69 Å². The molecule has 3 aromatic heterocycles. The molecule has 1 aliphatic heterocycles. The summed E-state index contributed by atoms with van der Waals surface area (Å²) >= 11 is 0. The van der Waals surface area contributed by atoms with Crippen LogP contribution in [-0.4, -0.2) is 42.8 Å². The summed E-state index contributed by atoms with van der Waals surface area (Å²) < 4.78 is 13.4. The van der Waals surface area contributed by atoms with E-state index < -0.39 is 0 Å². The van der Waals surface area contributed by atoms with Gasteiger partial charge in [0.1, 0.15) is 5.76 Å². The summed E-state index contributed by atoms with van der Waals surface area (Å²) in [6.07, 6.45) is 4.81. The van der Waals surface area contributed by atoms with Crippen molar-refractivity contribution in [2.75, 3.05) is 6.61 Å². The molecule has 0 unspecified atom stereocenters. The van der Waals surface area contributed by atoms with E-state index in [1.807, 2.05) is 28.9 Å². The zero-order valence-electron chi connectivity index (χ0n) is 21.2. The van der Waals surface area contributed by atoms with Crippen LogP contribution in [0.15, 0.2) is 51.9 Å². The van der Waals surface area contributed by atoms with E-state index in [4.69, 9.17) is 9.15 Å². The number of ether oxygens (including phenoxy) is 1. The van der Waals surface area contributed by atoms with Gasteiger partial charge in [0.25, 0.3) is 5.56 Å². The molecule has 36 heavy (non-hydrogen) atoms. The Morgan fingerprint density at radius 1 is 1.22 bits per heavy atom. The van der Waals surface area contributed by atoms with Crippen LogP contribution in [0.4, 0.5) is 0 Å². The fraction of sp³-hybridized carbons (Fsp3) is 0.481. The van der Waals surface area contributed by atoms with Crippen LogP contribution in [0.3, 0.4) is 0 Å². The Hall–Kier alpha value is -3.30. The number of benzene rings is 1. The lowest BCUT2D eigenvalue weighted by molar-refractivity contribution is 0.0836. The Kier molecular flexibility index (Phi) is 7.29. The normalized spacial score (nSPS) is 17.0. The minimum Gasteiger partial charge on any atom is -0.468 e. The molecule has 1 saturated heterocycles. The van der Waals surface area contributed by atoms with E-state index in [-0.39, 0.29) is 23.6 Å². The Balaban J connectivity index is 1.51. The van der Waals surface area contributed by atoms with E-state index in [1.54, 1.807) is 6.26 Å². The molecule has 1 aromatic carbocycles. The van der Waals surface area contributed by atoms with Crippen molar-refractivity contribution in [1.29, 1.82) is 0 Å². The summed E-state index contributed by atoms with van der Waals surface area (Å²) in [5, 5.41) is 13.8. The average Bonchev–Trinajstić information content (AvgIpc) is 3.64. The topological polar surface area (TPSA) is 102 Å². The number of nitrogens with one attached hydrogen (secondary N) is 1. The highest BCUT2D eigenvalue weighted by Crippen LogP contribution is 2.31. The number of rotatable bonds is 10. The number of aromatic amines is 1. The maximum absolute atomic E-state index is 13.1. The molecule has 9 nitrogen and oxygen atoms in total. The molecule has 1 aliphatic rings. The quantitative estimate of drug-likeness (QED) is 0.355. The van der Waals surface area contributed by atoms with Crippen molar-refractivity contribution in [3.63, 3.8) is 0 Å². The largest absolute Gasteiger partial charge is 0.468 e. The fourth-order valence-electron chi connectivity index (χ4n) is 5.13. The van der Waals surface area contributed by atoms with Gasteiger partial charge in [-0.15, -0.1) is 5.10 Å². The Morgan fingerprint density at radius 2 is 2.11 bits per heavy atom. The van der Waals surface area contributed by atoms with Crippen LogP contribution in [0.5, 0.6) is 0 Å². The Labute approximate surface area is 210 Å². The van der Waals surface area contributed by atoms with Gasteiger partial charge in [-0.05, 0) is 76.9 Å². The summed E-state index contributed by atoms with van der Waals surface area (Å²) in [6.45, 7) is 8.80. The van der Waals surface area contributed by atoms with E-state index in [1.165, 1.54) is 5.56 Å². The van der Waals surface area contributed by atoms with Gasteiger partial charge in [0.2, 0.25) is 0 Å². The van der Waals surface area contributed by atoms with Gasteiger partial charge in [0, 0.05) is 24.2 Å². The molecule has 2 atom stereocenters. The highest BCUT2D eigenvalue weighted by Gasteiger charge is 2.31. The van der Waals surface area contributed by atoms with Crippen LogP contribution >= 0.6 is 0 Å². The molecular formula is C27H34N6O3. The second kappa shape index (κ2) is 10.8. The molecule has 0 amide bonds. The number of fused-ring (bicyclic) bond motifs is 1. The fourth-order valence-corrected chi connectivity index (χ4v) is 5.13. The number of nitrogens with zero attached hydrogens (tertiary/aromatic N) is 5. The van der Waals surface area contributed by atoms with Gasteiger partial charge >= 0.3 is 0 Å². The molecule has 1 N–H and O–H groups in total. The predicted molar refractivity (Wildman–Crippen MR) is 136 cm³/mol. The van der Waals surface area contributed by atoms with E-state index in [9.17, 15) is 4.79 Å². The lowest BCUT2D eigenvalue weighted by Gasteiger charge is -2.33. The number of H-pyrrole nitrogens is 1. The van der Waals surface area contributed by atoms with Crippen molar-refractivity contribution >= 4 is 10.9 Å². The third-order valence-electron chi connectivity index (χ3n) is 6.96. The molecule has 1 fully saturated rings. The molecule has 0 spiro atoms. The van der Waals surface area contributed by atoms with Crippen molar-refractivity contribution < 1.29 is 9.15 Å². The van der Waals surface area contributed by atoms with Gasteiger partial charge in [0.05, 0.1) is 31.5 Å². The minimum absolute atomic E-state index is 0.0855. The van der Waals surface area contributed by atoms with E-state index >= 15 is 0 Å². The molecule has 0 aliphatic carbocycles. The highest BCUT2D eigenvalue weighted by atomic mass is 16.5. The van der Waals surface area contributed by atoms with Crippen LogP contribution in [0.1, 0.15) is 62.4 Å². The van der Waals surface area contributed by atoms with Gasteiger partial charge in [-0.25, -0.2) is 4.68 Å². The first-order valence-electron chi connectivity index (χ1n) is 12.8. The lowest BCUT2D eigenvalue weighted by atomic mass is 10.00. The van der Waals surface area contributed by atoms with Crippen LogP contribution in [-0.2, 0) is 30.8 Å². The number of tetrazole rings is 1. The Morgan fingerprint density at radius 3 is 2.83 bits per heavy atom. The van der Waals surface area contributed by atoms with Crippen LogP contribution in [0.2, 0.25) is 0 Å². The van der Waals surface area contributed by atoms with Crippen molar-refractivity contribution in [2.24, 2.45) is 5.92 Å². The van der Waals surface area contributed by atoms with Crippen molar-refractivity contribution in [3.8, 4) is 0 Å². The van der Waals surface area contributed by atoms with Crippen molar-refractivity contribution in [2.45, 2.75) is 71.8 Å². The lowest BCUT2D eigenvalue weighted by Crippen LogP contribution is -2.35. The molecule has 4 heterocycles. The molecule has 0 radical (unpaired) electrons. The number of aryl methyl sites for hydroxylation is 1. The molecule has 0 saturated carbocycles. The maximum Gasteiger partial charge on any atom is 0.252 e. The Bertz CT molecular complexity index is 1340. The second-order valence-corrected chi connectivity index (χ2v) is 9.93. The molecule has 190 valence electrons. The zero-order chi connectivity index (χ0) is 25.1. The van der Waals surface area contributed by atoms with Crippen LogP contribution < -0.4 is 5.56 Å². The van der Waals surface area contributed by atoms with Gasteiger partial charge in [0.15, 0.2) is 5.82 Å². The smallest absolute Gasteiger partial charge is 0.252 e. The molecule has 4 aromatic rings. The average molecular weight is 491 g/mol. The number of hydrogen-bond acceptors (Lipinski definition) is 7. The number of furan rings is 1. The summed E-state index contributed by atoms with van der Waals surface area (Å²) in [5.74, 6) is 1.78. The van der Waals surface area contributed by atoms with Crippen molar-refractivity contribution in [1.82, 2.24) is 30.1 Å². The summed E-state index contributed by atoms with van der Waals surface area (Å²) in [4.78, 5) is 18.4. The first kappa shape index (κ1) is 24.4. The van der Waals surface area contributed by atoms with Gasteiger partial charge < -0.3 is 14.1 Å². The SMILES string of the molecule is CCc1ccc2[nH]c(=O)c(CN(Cc3ccco3)[C@@H](c3nnnn3C[C@H]3CCCO3)C(C)C)cc2c1. The highest BCUT2D eigenvalue weighted by molar-refractivity contribution is 5.79. The summed E-state index contributed by atoms with van der Waals surface area (Å²) in [7, 11) is 0. The second-order valence-electron chi connectivity index (χ2n) is 9.93.